The Morgan fingerprint density at radius 2 is 1.52 bits per heavy atom. The van der Waals surface area contributed by atoms with Crippen LogP contribution in [0.2, 0.25) is 10.0 Å². The molecule has 5 rings (SSSR count). The van der Waals surface area contributed by atoms with E-state index in [0.717, 1.165) is 16.2 Å². The fourth-order valence-corrected chi connectivity index (χ4v) is 5.66. The van der Waals surface area contributed by atoms with Gasteiger partial charge in [-0.15, -0.1) is 23.1 Å². The van der Waals surface area contributed by atoms with E-state index in [1.165, 1.54) is 29.2 Å². The molecule has 0 unspecified atom stereocenters. The minimum Gasteiger partial charge on any atom is -0.321 e. The van der Waals surface area contributed by atoms with E-state index in [1.807, 2.05) is 17.5 Å². The molecule has 0 atom stereocenters. The van der Waals surface area contributed by atoms with Crippen LogP contribution in [0, 0.1) is 0 Å². The van der Waals surface area contributed by atoms with Gasteiger partial charge in [0.05, 0.1) is 11.4 Å². The quantitative estimate of drug-likeness (QED) is 0.104. The number of anilines is 2. The standard InChI is InChI=1S/C33H24Cl2N4O3S2/c34-24-12-10-21(11-13-24)29-19-44-33(38-29)39-30(40)20-43-26-16-14-25(15-17-26)36-32(42)28(18-23-8-4-5-9-27(23)35)37-31(41)22-6-2-1-3-7-22/h1-19H,20H2,(H,36,42)(H,37,41)(H,38,39,40)/b28-18-. The van der Waals surface area contributed by atoms with Crippen molar-refractivity contribution in [3.05, 3.63) is 135 Å². The van der Waals surface area contributed by atoms with Gasteiger partial charge in [-0.2, -0.15) is 0 Å². The summed E-state index contributed by atoms with van der Waals surface area (Å²) in [5, 5.41) is 11.8. The van der Waals surface area contributed by atoms with E-state index in [0.29, 0.717) is 32.0 Å². The van der Waals surface area contributed by atoms with Gasteiger partial charge < -0.3 is 16.0 Å². The van der Waals surface area contributed by atoms with Crippen LogP contribution >= 0.6 is 46.3 Å². The number of hydrogen-bond acceptors (Lipinski definition) is 6. The largest absolute Gasteiger partial charge is 0.321 e. The Kier molecular flexibility index (Phi) is 10.5. The second-order valence-corrected chi connectivity index (χ2v) is 12.0. The van der Waals surface area contributed by atoms with Crippen LogP contribution in [-0.2, 0) is 9.59 Å². The lowest BCUT2D eigenvalue weighted by Crippen LogP contribution is -2.30. The predicted octanol–water partition coefficient (Wildman–Crippen LogP) is 8.26. The van der Waals surface area contributed by atoms with E-state index in [4.69, 9.17) is 23.2 Å². The van der Waals surface area contributed by atoms with Gasteiger partial charge >= 0.3 is 0 Å². The molecule has 11 heteroatoms. The number of thiazole rings is 1. The van der Waals surface area contributed by atoms with Crippen LogP contribution in [0.25, 0.3) is 17.3 Å². The minimum absolute atomic E-state index is 0.0310. The van der Waals surface area contributed by atoms with Gasteiger partial charge in [-0.1, -0.05) is 71.7 Å². The number of thioether (sulfide) groups is 1. The Bertz CT molecular complexity index is 1810. The Labute approximate surface area is 272 Å². The topological polar surface area (TPSA) is 100 Å². The van der Waals surface area contributed by atoms with Crippen molar-refractivity contribution in [2.24, 2.45) is 0 Å². The number of rotatable bonds is 10. The second kappa shape index (κ2) is 14.9. The van der Waals surface area contributed by atoms with Crippen molar-refractivity contribution < 1.29 is 14.4 Å². The van der Waals surface area contributed by atoms with Gasteiger partial charge in [0, 0.05) is 37.1 Å². The summed E-state index contributed by atoms with van der Waals surface area (Å²) in [6, 6.07) is 30.0. The summed E-state index contributed by atoms with van der Waals surface area (Å²) in [5.41, 5.74) is 3.21. The summed E-state index contributed by atoms with van der Waals surface area (Å²) >= 11 is 15.0. The van der Waals surface area contributed by atoms with E-state index in [9.17, 15) is 14.4 Å². The molecule has 0 fully saturated rings. The molecule has 0 aliphatic carbocycles. The average Bonchev–Trinajstić information content (AvgIpc) is 3.50. The molecule has 44 heavy (non-hydrogen) atoms. The van der Waals surface area contributed by atoms with Gasteiger partial charge in [0.25, 0.3) is 11.8 Å². The monoisotopic (exact) mass is 658 g/mol. The normalized spacial score (nSPS) is 11.1. The highest BCUT2D eigenvalue weighted by molar-refractivity contribution is 8.00. The fraction of sp³-hybridized carbons (Fsp3) is 0.0303. The lowest BCUT2D eigenvalue weighted by Gasteiger charge is -2.12. The summed E-state index contributed by atoms with van der Waals surface area (Å²) in [4.78, 5) is 44.0. The lowest BCUT2D eigenvalue weighted by molar-refractivity contribution is -0.114. The lowest BCUT2D eigenvalue weighted by atomic mass is 10.1. The van der Waals surface area contributed by atoms with Crippen LogP contribution in [0.15, 0.2) is 119 Å². The van der Waals surface area contributed by atoms with Crippen molar-refractivity contribution in [1.29, 1.82) is 0 Å². The first-order valence-corrected chi connectivity index (χ1v) is 15.8. The van der Waals surface area contributed by atoms with Gasteiger partial charge in [0.2, 0.25) is 5.91 Å². The molecule has 4 aromatic carbocycles. The number of carbonyl (C=O) groups is 3. The highest BCUT2D eigenvalue weighted by Crippen LogP contribution is 2.27. The zero-order valence-electron chi connectivity index (χ0n) is 22.9. The molecular formula is C33H24Cl2N4O3S2. The van der Waals surface area contributed by atoms with E-state index < -0.39 is 11.8 Å². The van der Waals surface area contributed by atoms with Gasteiger partial charge in [-0.25, -0.2) is 4.98 Å². The molecule has 3 N–H and O–H groups in total. The van der Waals surface area contributed by atoms with Crippen LogP contribution in [0.3, 0.4) is 0 Å². The van der Waals surface area contributed by atoms with Crippen LogP contribution in [0.4, 0.5) is 10.8 Å². The van der Waals surface area contributed by atoms with Crippen LogP contribution < -0.4 is 16.0 Å². The number of nitrogens with one attached hydrogen (secondary N) is 3. The summed E-state index contributed by atoms with van der Waals surface area (Å²) in [7, 11) is 0. The van der Waals surface area contributed by atoms with E-state index >= 15 is 0 Å². The first-order chi connectivity index (χ1) is 21.3. The van der Waals surface area contributed by atoms with Crippen LogP contribution in [0.5, 0.6) is 0 Å². The number of hydrogen-bond donors (Lipinski definition) is 3. The van der Waals surface area contributed by atoms with Gasteiger partial charge in [-0.3, -0.25) is 14.4 Å². The van der Waals surface area contributed by atoms with Crippen molar-refractivity contribution in [3.8, 4) is 11.3 Å². The van der Waals surface area contributed by atoms with E-state index in [1.54, 1.807) is 91.0 Å². The smallest absolute Gasteiger partial charge is 0.272 e. The molecule has 0 aliphatic rings. The molecule has 0 radical (unpaired) electrons. The highest BCUT2D eigenvalue weighted by atomic mass is 35.5. The summed E-state index contributed by atoms with van der Waals surface area (Å²) in [5.74, 6) is -0.955. The molecule has 7 nitrogen and oxygen atoms in total. The number of halogens is 2. The second-order valence-electron chi connectivity index (χ2n) is 9.26. The molecule has 3 amide bonds. The third-order valence-electron chi connectivity index (χ3n) is 6.11. The molecule has 1 aromatic heterocycles. The Balaban J connectivity index is 1.19. The predicted molar refractivity (Wildman–Crippen MR) is 180 cm³/mol. The molecule has 0 saturated carbocycles. The zero-order chi connectivity index (χ0) is 30.9. The maximum Gasteiger partial charge on any atom is 0.272 e. The first-order valence-electron chi connectivity index (χ1n) is 13.2. The third-order valence-corrected chi connectivity index (χ3v) is 8.47. The molecule has 0 saturated heterocycles. The molecule has 0 bridgehead atoms. The van der Waals surface area contributed by atoms with Crippen molar-refractivity contribution in [1.82, 2.24) is 10.3 Å². The highest BCUT2D eigenvalue weighted by Gasteiger charge is 2.16. The minimum atomic E-state index is -0.518. The number of nitrogens with zero attached hydrogens (tertiary/aromatic N) is 1. The molecule has 1 heterocycles. The van der Waals surface area contributed by atoms with Crippen molar-refractivity contribution >= 4 is 80.9 Å². The summed E-state index contributed by atoms with van der Waals surface area (Å²) in [6.07, 6.45) is 1.53. The number of carbonyl (C=O) groups excluding carboxylic acids is 3. The maximum absolute atomic E-state index is 13.3. The van der Waals surface area contributed by atoms with Crippen molar-refractivity contribution in [2.75, 3.05) is 16.4 Å². The number of amides is 3. The van der Waals surface area contributed by atoms with E-state index in [2.05, 4.69) is 20.9 Å². The first kappa shape index (κ1) is 31.0. The fourth-order valence-electron chi connectivity index (χ4n) is 3.91. The Morgan fingerprint density at radius 3 is 2.25 bits per heavy atom. The Hall–Kier alpha value is -4.41. The Morgan fingerprint density at radius 1 is 0.818 bits per heavy atom. The molecule has 0 spiro atoms. The number of benzene rings is 4. The molecule has 220 valence electrons. The van der Waals surface area contributed by atoms with E-state index in [-0.39, 0.29) is 17.4 Å². The average molecular weight is 660 g/mol. The van der Waals surface area contributed by atoms with Gasteiger partial charge in [-0.05, 0) is 66.2 Å². The van der Waals surface area contributed by atoms with Crippen LogP contribution in [0.1, 0.15) is 15.9 Å². The molecular weight excluding hydrogens is 635 g/mol. The number of aromatic nitrogens is 1. The summed E-state index contributed by atoms with van der Waals surface area (Å²) < 4.78 is 0. The maximum atomic E-state index is 13.3. The SMILES string of the molecule is O=C(CSc1ccc(NC(=O)/C(=C/c2ccccc2Cl)NC(=O)c2ccccc2)cc1)Nc1nc(-c2ccc(Cl)cc2)cs1. The zero-order valence-corrected chi connectivity index (χ0v) is 26.1. The van der Waals surface area contributed by atoms with Gasteiger partial charge in [0.1, 0.15) is 5.70 Å². The van der Waals surface area contributed by atoms with Crippen molar-refractivity contribution in [2.45, 2.75) is 4.90 Å². The van der Waals surface area contributed by atoms with Gasteiger partial charge in [0.15, 0.2) is 5.13 Å². The van der Waals surface area contributed by atoms with Crippen LogP contribution in [-0.4, -0.2) is 28.5 Å². The van der Waals surface area contributed by atoms with Crippen molar-refractivity contribution in [3.63, 3.8) is 0 Å². The summed E-state index contributed by atoms with van der Waals surface area (Å²) in [6.45, 7) is 0. The molecule has 5 aromatic rings. The molecule has 0 aliphatic heterocycles. The third kappa shape index (κ3) is 8.58.